The highest BCUT2D eigenvalue weighted by Gasteiger charge is 2.45. The van der Waals surface area contributed by atoms with Crippen molar-refractivity contribution >= 4 is 56.6 Å². The van der Waals surface area contributed by atoms with Crippen molar-refractivity contribution in [2.75, 3.05) is 4.90 Å². The Kier molecular flexibility index (Phi) is 7.33. The third-order valence-electron chi connectivity index (χ3n) is 12.0. The minimum absolute atomic E-state index is 0.341. The average Bonchev–Trinajstić information content (AvgIpc) is 3.73. The van der Waals surface area contributed by atoms with E-state index in [1.165, 1.54) is 66.0 Å². The molecule has 0 spiro atoms. The van der Waals surface area contributed by atoms with E-state index in [0.717, 1.165) is 39.6 Å². The van der Waals surface area contributed by atoms with Gasteiger partial charge >= 0.3 is 6.92 Å². The Morgan fingerprint density at radius 2 is 1.02 bits per heavy atom. The third-order valence-corrected chi connectivity index (χ3v) is 12.0. The van der Waals surface area contributed by atoms with Crippen LogP contribution in [0.3, 0.4) is 0 Å². The lowest BCUT2D eigenvalue weighted by Gasteiger charge is -2.41. The van der Waals surface area contributed by atoms with E-state index < -0.39 is 0 Å². The predicted octanol–water partition coefficient (Wildman–Crippen LogP) is 12.7. The molecule has 0 saturated heterocycles. The average molecular weight is 739 g/mol. The second-order valence-corrected chi connectivity index (χ2v) is 15.3. The normalized spacial score (nSPS) is 12.6. The van der Waals surface area contributed by atoms with Gasteiger partial charge in [-0.25, -0.2) is 0 Å². The molecule has 0 amide bonds. The maximum Gasteiger partial charge on any atom is 0.432 e. The Hall–Kier alpha value is -7.56. The van der Waals surface area contributed by atoms with Crippen molar-refractivity contribution in [3.8, 4) is 55.9 Å². The van der Waals surface area contributed by atoms with Gasteiger partial charge in [-0.1, -0.05) is 146 Å². The topological polar surface area (TPSA) is 17.4 Å². The van der Waals surface area contributed by atoms with Crippen LogP contribution in [0.25, 0.3) is 71.9 Å². The molecule has 4 heteroatoms. The van der Waals surface area contributed by atoms with Crippen LogP contribution in [0.1, 0.15) is 0 Å². The van der Waals surface area contributed by atoms with E-state index in [1.54, 1.807) is 0 Å². The first-order valence-electron chi connectivity index (χ1n) is 19.9. The van der Waals surface area contributed by atoms with E-state index in [0.29, 0.717) is 0 Å². The maximum atomic E-state index is 7.37. The summed E-state index contributed by atoms with van der Waals surface area (Å²) in [7, 11) is 0. The molecular weight excluding hydrogens is 703 g/mol. The van der Waals surface area contributed by atoms with Crippen molar-refractivity contribution in [2.24, 2.45) is 0 Å². The predicted molar refractivity (Wildman–Crippen MR) is 243 cm³/mol. The van der Waals surface area contributed by atoms with Gasteiger partial charge in [0.15, 0.2) is 0 Å². The fraction of sp³-hybridized carbons (Fsp3) is 0. The van der Waals surface area contributed by atoms with Gasteiger partial charge in [0.2, 0.25) is 0 Å². The van der Waals surface area contributed by atoms with Gasteiger partial charge in [-0.2, -0.15) is 0 Å². The third kappa shape index (κ3) is 5.08. The van der Waals surface area contributed by atoms with Gasteiger partial charge in [-0.3, -0.25) is 0 Å². The molecule has 3 heterocycles. The van der Waals surface area contributed by atoms with Crippen LogP contribution in [-0.2, 0) is 0 Å². The molecule has 0 aliphatic carbocycles. The summed E-state index contributed by atoms with van der Waals surface area (Å²) in [6, 6.07) is 74.6. The van der Waals surface area contributed by atoms with Crippen LogP contribution in [0.15, 0.2) is 212 Å². The fourth-order valence-electron chi connectivity index (χ4n) is 9.36. The molecule has 3 nitrogen and oxygen atoms in total. The molecule has 58 heavy (non-hydrogen) atoms. The van der Waals surface area contributed by atoms with Gasteiger partial charge in [-0.05, 0) is 105 Å². The number of anilines is 3. The van der Waals surface area contributed by atoms with E-state index >= 15 is 0 Å². The quantitative estimate of drug-likeness (QED) is 0.164. The summed E-state index contributed by atoms with van der Waals surface area (Å²) < 4.78 is 9.73. The molecule has 0 saturated carbocycles. The first-order chi connectivity index (χ1) is 28.8. The zero-order valence-electron chi connectivity index (χ0n) is 31.6. The summed E-state index contributed by atoms with van der Waals surface area (Å²) in [5.41, 5.74) is 17.3. The standard InChI is InChI=1S/C54H35BN2O/c1-5-15-36(16-6-1)40-26-28-50-47(34-40)51-53-49(35-41-29-30-56(54(41)51)44-22-11-4-12-23-44)57(48-27-25-39-21-13-14-24-46(39)52(48)55(53)58-50)45-32-42(37-17-7-2-8-18-37)31-43(33-45)38-19-9-3-10-20-38/h1-35H. The van der Waals surface area contributed by atoms with Gasteiger partial charge in [0.25, 0.3) is 0 Å². The molecule has 12 rings (SSSR count). The molecule has 1 aromatic heterocycles. The molecular formula is C54H35BN2O. The lowest BCUT2D eigenvalue weighted by molar-refractivity contribution is 0.590. The van der Waals surface area contributed by atoms with Crippen LogP contribution in [0, 0.1) is 0 Å². The molecule has 0 unspecified atom stereocenters. The van der Waals surface area contributed by atoms with Crippen molar-refractivity contribution in [1.82, 2.24) is 4.57 Å². The first-order valence-corrected chi connectivity index (χ1v) is 19.9. The SMILES string of the molecule is c1ccc(-c2cc(-c3ccccc3)cc(N3c4cc5ccn(-c6ccccc6)c5c5c4B(Oc4ccc(-c6ccccc6)cc4-5)c4c3ccc3ccccc43)c2)cc1. The second-order valence-electron chi connectivity index (χ2n) is 15.3. The zero-order valence-corrected chi connectivity index (χ0v) is 31.6. The zero-order chi connectivity index (χ0) is 38.2. The summed E-state index contributed by atoms with van der Waals surface area (Å²) in [4.78, 5) is 2.50. The lowest BCUT2D eigenvalue weighted by atomic mass is 9.48. The Morgan fingerprint density at radius 1 is 0.397 bits per heavy atom. The Labute approximate surface area is 337 Å². The van der Waals surface area contributed by atoms with Crippen LogP contribution < -0.4 is 20.5 Å². The van der Waals surface area contributed by atoms with Crippen molar-refractivity contribution in [3.05, 3.63) is 212 Å². The smallest absolute Gasteiger partial charge is 0.432 e. The second kappa shape index (κ2) is 13.0. The number of hydrogen-bond donors (Lipinski definition) is 0. The van der Waals surface area contributed by atoms with Crippen molar-refractivity contribution in [3.63, 3.8) is 0 Å². The van der Waals surface area contributed by atoms with Crippen LogP contribution in [-0.4, -0.2) is 11.5 Å². The number of aromatic nitrogens is 1. The van der Waals surface area contributed by atoms with Crippen molar-refractivity contribution < 1.29 is 4.65 Å². The number of para-hydroxylation sites is 1. The van der Waals surface area contributed by atoms with Crippen LogP contribution in [0.2, 0.25) is 0 Å². The maximum absolute atomic E-state index is 7.37. The number of hydrogen-bond acceptors (Lipinski definition) is 2. The van der Waals surface area contributed by atoms with Crippen molar-refractivity contribution in [1.29, 1.82) is 0 Å². The van der Waals surface area contributed by atoms with Crippen LogP contribution >= 0.6 is 0 Å². The molecule has 0 fully saturated rings. The summed E-state index contributed by atoms with van der Waals surface area (Å²) in [6.45, 7) is -0.341. The van der Waals surface area contributed by atoms with Gasteiger partial charge in [0.1, 0.15) is 5.75 Å². The van der Waals surface area contributed by atoms with Gasteiger partial charge in [-0.15, -0.1) is 0 Å². The molecule has 0 atom stereocenters. The van der Waals surface area contributed by atoms with Crippen LogP contribution in [0.5, 0.6) is 5.75 Å². The van der Waals surface area contributed by atoms with Gasteiger partial charge in [0.05, 0.1) is 5.52 Å². The van der Waals surface area contributed by atoms with Gasteiger partial charge < -0.3 is 14.1 Å². The Balaban J connectivity index is 1.21. The largest absolute Gasteiger partial charge is 0.551 e. The molecule has 2 aliphatic heterocycles. The molecule has 2 aliphatic rings. The summed E-state index contributed by atoms with van der Waals surface area (Å²) in [6.07, 6.45) is 2.23. The van der Waals surface area contributed by atoms with E-state index in [2.05, 4.69) is 222 Å². The van der Waals surface area contributed by atoms with Gasteiger partial charge in [0, 0.05) is 56.4 Å². The Morgan fingerprint density at radius 3 is 1.71 bits per heavy atom. The molecule has 0 N–H and O–H groups in total. The fourth-order valence-corrected chi connectivity index (χ4v) is 9.36. The van der Waals surface area contributed by atoms with Crippen LogP contribution in [0.4, 0.5) is 17.1 Å². The number of rotatable bonds is 5. The molecule has 270 valence electrons. The highest BCUT2D eigenvalue weighted by atomic mass is 16.4. The summed E-state index contributed by atoms with van der Waals surface area (Å²) >= 11 is 0. The van der Waals surface area contributed by atoms with E-state index in [-0.39, 0.29) is 6.92 Å². The minimum Gasteiger partial charge on any atom is -0.551 e. The molecule has 0 radical (unpaired) electrons. The lowest BCUT2D eigenvalue weighted by Crippen LogP contribution is -2.56. The Bertz CT molecular complexity index is 3140. The minimum atomic E-state index is -0.341. The van der Waals surface area contributed by atoms with E-state index in [4.69, 9.17) is 4.65 Å². The first kappa shape index (κ1) is 32.7. The number of nitrogens with zero attached hydrogens (tertiary/aromatic N) is 2. The van der Waals surface area contributed by atoms with Crippen molar-refractivity contribution in [2.45, 2.75) is 0 Å². The summed E-state index contributed by atoms with van der Waals surface area (Å²) in [5, 5.41) is 3.56. The van der Waals surface area contributed by atoms with E-state index in [1.807, 2.05) is 0 Å². The highest BCUT2D eigenvalue weighted by Crippen LogP contribution is 2.49. The number of fused-ring (bicyclic) bond motifs is 8. The molecule has 9 aromatic carbocycles. The summed E-state index contributed by atoms with van der Waals surface area (Å²) in [5.74, 6) is 0.890. The monoisotopic (exact) mass is 738 g/mol. The molecule has 0 bridgehead atoms. The number of benzene rings is 9. The highest BCUT2D eigenvalue weighted by molar-refractivity contribution is 6.87. The molecule has 10 aromatic rings. The van der Waals surface area contributed by atoms with E-state index in [9.17, 15) is 0 Å².